The number of rotatable bonds is 5. The minimum absolute atomic E-state index is 0.0167. The predicted octanol–water partition coefficient (Wildman–Crippen LogP) is 0.889. The number of carbonyl (C=O) groups excluding carboxylic acids is 2. The zero-order valence-corrected chi connectivity index (χ0v) is 16.1. The van der Waals surface area contributed by atoms with Gasteiger partial charge >= 0.3 is 6.03 Å². The van der Waals surface area contributed by atoms with Crippen molar-refractivity contribution in [3.8, 4) is 11.5 Å². The first-order chi connectivity index (χ1) is 13.0. The van der Waals surface area contributed by atoms with Crippen molar-refractivity contribution in [3.63, 3.8) is 0 Å². The van der Waals surface area contributed by atoms with Crippen LogP contribution in [-0.4, -0.2) is 81.4 Å². The highest BCUT2D eigenvalue weighted by atomic mass is 16.5. The van der Waals surface area contributed by atoms with E-state index in [1.54, 1.807) is 31.1 Å². The molecule has 1 aromatic rings. The molecule has 1 aromatic carbocycles. The molecule has 2 fully saturated rings. The number of nitrogens with one attached hydrogen (secondary N) is 1. The third-order valence-electron chi connectivity index (χ3n) is 5.22. The van der Waals surface area contributed by atoms with E-state index in [0.29, 0.717) is 32.6 Å². The summed E-state index contributed by atoms with van der Waals surface area (Å²) >= 11 is 0. The van der Waals surface area contributed by atoms with E-state index in [2.05, 4.69) is 5.32 Å². The molecular weight excluding hydrogens is 350 g/mol. The van der Waals surface area contributed by atoms with E-state index in [4.69, 9.17) is 14.2 Å². The summed E-state index contributed by atoms with van der Waals surface area (Å²) in [5, 5.41) is 2.96. The van der Waals surface area contributed by atoms with E-state index in [9.17, 15) is 9.59 Å². The molecular formula is C19H27N3O5. The van der Waals surface area contributed by atoms with Gasteiger partial charge in [0, 0.05) is 26.2 Å². The van der Waals surface area contributed by atoms with Crippen LogP contribution in [0.3, 0.4) is 0 Å². The van der Waals surface area contributed by atoms with Crippen molar-refractivity contribution in [2.45, 2.75) is 18.4 Å². The minimum Gasteiger partial charge on any atom is -0.497 e. The predicted molar refractivity (Wildman–Crippen MR) is 99.2 cm³/mol. The highest BCUT2D eigenvalue weighted by molar-refractivity contribution is 5.78. The van der Waals surface area contributed by atoms with Crippen LogP contribution in [0.15, 0.2) is 18.2 Å². The number of likely N-dealkylation sites (tertiary alicyclic amines) is 1. The first-order valence-electron chi connectivity index (χ1n) is 9.08. The maximum absolute atomic E-state index is 12.5. The lowest BCUT2D eigenvalue weighted by molar-refractivity contribution is -0.158. The number of methoxy groups -OCH3 is 2. The zero-order chi connectivity index (χ0) is 19.4. The Hall–Kier alpha value is -2.48. The number of hydrogen-bond acceptors (Lipinski definition) is 5. The molecule has 148 valence electrons. The van der Waals surface area contributed by atoms with Gasteiger partial charge in [0.25, 0.3) is 0 Å². The Morgan fingerprint density at radius 2 is 2.11 bits per heavy atom. The molecule has 8 nitrogen and oxygen atoms in total. The van der Waals surface area contributed by atoms with Gasteiger partial charge < -0.3 is 29.3 Å². The van der Waals surface area contributed by atoms with Crippen LogP contribution < -0.4 is 14.8 Å². The van der Waals surface area contributed by atoms with Crippen molar-refractivity contribution < 1.29 is 23.8 Å². The maximum Gasteiger partial charge on any atom is 0.317 e. The van der Waals surface area contributed by atoms with Gasteiger partial charge in [0.15, 0.2) is 0 Å². The van der Waals surface area contributed by atoms with Gasteiger partial charge in [-0.3, -0.25) is 4.79 Å². The van der Waals surface area contributed by atoms with Crippen molar-refractivity contribution >= 4 is 11.9 Å². The molecule has 0 bridgehead atoms. The summed E-state index contributed by atoms with van der Waals surface area (Å²) in [5.41, 5.74) is 0.575. The quantitative estimate of drug-likeness (QED) is 0.824. The smallest absolute Gasteiger partial charge is 0.317 e. The Bertz CT molecular complexity index is 711. The SMILES string of the molecule is COc1ccc(CCNC(=O)N2CCC3(CN(C)C(=O)CO3)C2)c(OC)c1. The lowest BCUT2D eigenvalue weighted by atomic mass is 10.0. The fourth-order valence-electron chi connectivity index (χ4n) is 3.63. The summed E-state index contributed by atoms with van der Waals surface area (Å²) in [4.78, 5) is 27.5. The van der Waals surface area contributed by atoms with E-state index in [1.807, 2.05) is 18.2 Å². The molecule has 3 amide bonds. The first kappa shape index (κ1) is 19.3. The summed E-state index contributed by atoms with van der Waals surface area (Å²) in [6.07, 6.45) is 1.40. The second-order valence-corrected chi connectivity index (χ2v) is 7.05. The molecule has 0 radical (unpaired) electrons. The van der Waals surface area contributed by atoms with E-state index >= 15 is 0 Å². The topological polar surface area (TPSA) is 80.3 Å². The van der Waals surface area contributed by atoms with Crippen molar-refractivity contribution in [3.05, 3.63) is 23.8 Å². The van der Waals surface area contributed by atoms with Crippen LogP contribution in [-0.2, 0) is 16.0 Å². The number of likely N-dealkylation sites (N-methyl/N-ethyl adjacent to an activating group) is 1. The molecule has 1 spiro atoms. The third kappa shape index (κ3) is 4.27. The molecule has 27 heavy (non-hydrogen) atoms. The molecule has 0 saturated carbocycles. The molecule has 2 aliphatic rings. The van der Waals surface area contributed by atoms with Crippen molar-refractivity contribution in [1.82, 2.24) is 15.1 Å². The van der Waals surface area contributed by atoms with E-state index in [1.165, 1.54) is 0 Å². The molecule has 2 aliphatic heterocycles. The molecule has 0 aliphatic carbocycles. The number of carbonyl (C=O) groups is 2. The molecule has 3 rings (SSSR count). The highest BCUT2D eigenvalue weighted by Crippen LogP contribution is 2.29. The van der Waals surface area contributed by atoms with Crippen LogP contribution in [0.1, 0.15) is 12.0 Å². The monoisotopic (exact) mass is 377 g/mol. The lowest BCUT2D eigenvalue weighted by Crippen LogP contribution is -2.55. The average Bonchev–Trinajstić information content (AvgIpc) is 3.09. The second-order valence-electron chi connectivity index (χ2n) is 7.05. The number of benzene rings is 1. The standard InChI is InChI=1S/C19H27N3O5/c1-21-12-19(27-11-17(21)23)7-9-22(13-19)18(24)20-8-6-14-4-5-15(25-2)10-16(14)26-3/h4-5,10H,6-9,11-13H2,1-3H3,(H,20,24). The summed E-state index contributed by atoms with van der Waals surface area (Å²) in [7, 11) is 5.01. The van der Waals surface area contributed by atoms with Crippen LogP contribution in [0, 0.1) is 0 Å². The van der Waals surface area contributed by atoms with Gasteiger partial charge in [-0.05, 0) is 24.5 Å². The lowest BCUT2D eigenvalue weighted by Gasteiger charge is -2.38. The van der Waals surface area contributed by atoms with Gasteiger partial charge in [-0.25, -0.2) is 4.79 Å². The van der Waals surface area contributed by atoms with Gasteiger partial charge in [0.1, 0.15) is 23.7 Å². The number of nitrogens with zero attached hydrogens (tertiary/aromatic N) is 2. The fraction of sp³-hybridized carbons (Fsp3) is 0.579. The Morgan fingerprint density at radius 3 is 2.81 bits per heavy atom. The van der Waals surface area contributed by atoms with Gasteiger partial charge in [-0.15, -0.1) is 0 Å². The van der Waals surface area contributed by atoms with Crippen LogP contribution in [0.2, 0.25) is 0 Å². The normalized spacial score (nSPS) is 22.3. The summed E-state index contributed by atoms with van der Waals surface area (Å²) in [6, 6.07) is 5.54. The number of amides is 3. The number of morpholine rings is 1. The molecule has 2 heterocycles. The van der Waals surface area contributed by atoms with Gasteiger partial charge in [0.05, 0.1) is 27.3 Å². The van der Waals surface area contributed by atoms with Crippen molar-refractivity contribution in [2.75, 3.05) is 54.1 Å². The Labute approximate surface area is 159 Å². The maximum atomic E-state index is 12.5. The number of urea groups is 1. The van der Waals surface area contributed by atoms with Gasteiger partial charge in [-0.1, -0.05) is 6.07 Å². The number of hydrogen-bond donors (Lipinski definition) is 1. The molecule has 8 heteroatoms. The van der Waals surface area contributed by atoms with Gasteiger partial charge in [0.2, 0.25) is 5.91 Å². The van der Waals surface area contributed by atoms with E-state index in [0.717, 1.165) is 23.5 Å². The Morgan fingerprint density at radius 1 is 1.30 bits per heavy atom. The van der Waals surface area contributed by atoms with Crippen molar-refractivity contribution in [1.29, 1.82) is 0 Å². The largest absolute Gasteiger partial charge is 0.497 e. The highest BCUT2D eigenvalue weighted by Gasteiger charge is 2.45. The Kier molecular flexibility index (Phi) is 5.74. The third-order valence-corrected chi connectivity index (χ3v) is 5.22. The summed E-state index contributed by atoms with van der Waals surface area (Å²) < 4.78 is 16.4. The molecule has 1 unspecified atom stereocenters. The van der Waals surface area contributed by atoms with Crippen molar-refractivity contribution in [2.24, 2.45) is 0 Å². The van der Waals surface area contributed by atoms with Crippen LogP contribution in [0.4, 0.5) is 4.79 Å². The Balaban J connectivity index is 1.50. The molecule has 1 N–H and O–H groups in total. The number of ether oxygens (including phenoxy) is 3. The summed E-state index contributed by atoms with van der Waals surface area (Å²) in [6.45, 7) is 2.24. The average molecular weight is 377 g/mol. The zero-order valence-electron chi connectivity index (χ0n) is 16.1. The van der Waals surface area contributed by atoms with E-state index < -0.39 is 5.60 Å². The van der Waals surface area contributed by atoms with Crippen LogP contribution in [0.25, 0.3) is 0 Å². The van der Waals surface area contributed by atoms with E-state index in [-0.39, 0.29) is 18.5 Å². The van der Waals surface area contributed by atoms with Crippen LogP contribution in [0.5, 0.6) is 11.5 Å². The summed E-state index contributed by atoms with van der Waals surface area (Å²) in [5.74, 6) is 1.46. The molecule has 2 saturated heterocycles. The first-order valence-corrected chi connectivity index (χ1v) is 9.08. The second kappa shape index (κ2) is 8.04. The fourth-order valence-corrected chi connectivity index (χ4v) is 3.63. The van der Waals surface area contributed by atoms with Gasteiger partial charge in [-0.2, -0.15) is 0 Å². The molecule has 1 atom stereocenters. The van der Waals surface area contributed by atoms with Crippen LogP contribution >= 0.6 is 0 Å². The molecule has 0 aromatic heterocycles. The minimum atomic E-state index is -0.431.